The molecule has 5 nitrogen and oxygen atoms in total. The first-order chi connectivity index (χ1) is 12.4. The summed E-state index contributed by atoms with van der Waals surface area (Å²) < 4.78 is 5.73. The number of hydrogen-bond donors (Lipinski definition) is 1. The van der Waals surface area contributed by atoms with Crippen molar-refractivity contribution < 1.29 is 9.21 Å². The standard InChI is InChI=1S/C20H21N3O2S/c1-12-6-5-7-17(11-12)21-18(24)15(4)26-20-23-22-19(25-20)16-9-13(2)8-14(3)10-16/h5-11,15H,1-4H3,(H,21,24)/t15-/m1/s1. The predicted octanol–water partition coefficient (Wildman–Crippen LogP) is 4.78. The molecule has 26 heavy (non-hydrogen) atoms. The molecule has 6 heteroatoms. The van der Waals surface area contributed by atoms with Crippen molar-refractivity contribution >= 4 is 23.4 Å². The number of nitrogens with one attached hydrogen (secondary N) is 1. The van der Waals surface area contributed by atoms with E-state index in [1.54, 1.807) is 0 Å². The first-order valence-electron chi connectivity index (χ1n) is 8.37. The summed E-state index contributed by atoms with van der Waals surface area (Å²) in [6, 6.07) is 13.8. The molecule has 0 aliphatic heterocycles. The van der Waals surface area contributed by atoms with Crippen LogP contribution in [0.4, 0.5) is 5.69 Å². The number of carbonyl (C=O) groups is 1. The maximum atomic E-state index is 12.4. The molecule has 0 unspecified atom stereocenters. The van der Waals surface area contributed by atoms with Gasteiger partial charge in [0, 0.05) is 11.3 Å². The van der Waals surface area contributed by atoms with Gasteiger partial charge in [0.2, 0.25) is 11.8 Å². The van der Waals surface area contributed by atoms with E-state index >= 15 is 0 Å². The molecule has 1 amide bonds. The van der Waals surface area contributed by atoms with Gasteiger partial charge in [0.15, 0.2) is 0 Å². The fourth-order valence-corrected chi connectivity index (χ4v) is 3.33. The molecule has 0 radical (unpaired) electrons. The molecule has 0 saturated carbocycles. The Morgan fingerprint density at radius 1 is 1.04 bits per heavy atom. The zero-order valence-corrected chi connectivity index (χ0v) is 16.1. The Morgan fingerprint density at radius 2 is 1.77 bits per heavy atom. The number of thioether (sulfide) groups is 1. The minimum Gasteiger partial charge on any atom is -0.411 e. The van der Waals surface area contributed by atoms with Crippen molar-refractivity contribution in [2.24, 2.45) is 0 Å². The van der Waals surface area contributed by atoms with Gasteiger partial charge in [0.1, 0.15) is 0 Å². The van der Waals surface area contributed by atoms with Gasteiger partial charge in [-0.05, 0) is 57.5 Å². The molecule has 0 fully saturated rings. The van der Waals surface area contributed by atoms with Gasteiger partial charge in [-0.3, -0.25) is 4.79 Å². The van der Waals surface area contributed by atoms with Crippen LogP contribution in [0.3, 0.4) is 0 Å². The molecule has 134 valence electrons. The van der Waals surface area contributed by atoms with E-state index in [9.17, 15) is 4.79 Å². The highest BCUT2D eigenvalue weighted by molar-refractivity contribution is 8.00. The number of aryl methyl sites for hydroxylation is 3. The third-order valence-electron chi connectivity index (χ3n) is 3.81. The Balaban J connectivity index is 1.67. The number of rotatable bonds is 5. The van der Waals surface area contributed by atoms with Crippen LogP contribution >= 0.6 is 11.8 Å². The third-order valence-corrected chi connectivity index (χ3v) is 4.74. The molecule has 1 heterocycles. The molecule has 0 bridgehead atoms. The number of hydrogen-bond acceptors (Lipinski definition) is 5. The van der Waals surface area contributed by atoms with E-state index in [1.165, 1.54) is 11.8 Å². The predicted molar refractivity (Wildman–Crippen MR) is 104 cm³/mol. The van der Waals surface area contributed by atoms with Crippen LogP contribution in [-0.4, -0.2) is 21.4 Å². The van der Waals surface area contributed by atoms with Crippen LogP contribution in [0.15, 0.2) is 52.1 Å². The lowest BCUT2D eigenvalue weighted by molar-refractivity contribution is -0.115. The van der Waals surface area contributed by atoms with E-state index in [0.717, 1.165) is 27.9 Å². The lowest BCUT2D eigenvalue weighted by atomic mass is 10.1. The van der Waals surface area contributed by atoms with Gasteiger partial charge in [0.05, 0.1) is 5.25 Å². The highest BCUT2D eigenvalue weighted by Crippen LogP contribution is 2.27. The van der Waals surface area contributed by atoms with Crippen LogP contribution in [0.25, 0.3) is 11.5 Å². The molecule has 0 aliphatic carbocycles. The maximum absolute atomic E-state index is 12.4. The fourth-order valence-electron chi connectivity index (χ4n) is 2.64. The second-order valence-electron chi connectivity index (χ2n) is 6.37. The number of amides is 1. The first-order valence-corrected chi connectivity index (χ1v) is 9.25. The Kier molecular flexibility index (Phi) is 5.42. The van der Waals surface area contributed by atoms with Crippen LogP contribution in [-0.2, 0) is 4.79 Å². The van der Waals surface area contributed by atoms with Crippen molar-refractivity contribution in [2.75, 3.05) is 5.32 Å². The SMILES string of the molecule is Cc1cccc(NC(=O)[C@@H](C)Sc2nnc(-c3cc(C)cc(C)c3)o2)c1. The van der Waals surface area contributed by atoms with Gasteiger partial charge in [-0.15, -0.1) is 10.2 Å². The van der Waals surface area contributed by atoms with Crippen molar-refractivity contribution in [1.29, 1.82) is 0 Å². The molecule has 0 saturated heterocycles. The van der Waals surface area contributed by atoms with Crippen molar-refractivity contribution in [3.63, 3.8) is 0 Å². The summed E-state index contributed by atoms with van der Waals surface area (Å²) >= 11 is 1.25. The zero-order chi connectivity index (χ0) is 18.7. The monoisotopic (exact) mass is 367 g/mol. The van der Waals surface area contributed by atoms with Gasteiger partial charge in [-0.2, -0.15) is 0 Å². The topological polar surface area (TPSA) is 68.0 Å². The summed E-state index contributed by atoms with van der Waals surface area (Å²) in [4.78, 5) is 12.4. The average Bonchev–Trinajstić information content (AvgIpc) is 3.02. The summed E-state index contributed by atoms with van der Waals surface area (Å²) in [5.74, 6) is 0.359. The third kappa shape index (κ3) is 4.52. The first kappa shape index (κ1) is 18.2. The molecule has 3 rings (SSSR count). The second-order valence-corrected chi connectivity index (χ2v) is 7.66. The lowest BCUT2D eigenvalue weighted by Crippen LogP contribution is -2.22. The highest BCUT2D eigenvalue weighted by atomic mass is 32.2. The van der Waals surface area contributed by atoms with E-state index in [1.807, 2.05) is 64.1 Å². The summed E-state index contributed by atoms with van der Waals surface area (Å²) in [6.07, 6.45) is 0. The number of carbonyl (C=O) groups excluding carboxylic acids is 1. The van der Waals surface area contributed by atoms with Crippen LogP contribution in [0.5, 0.6) is 0 Å². The van der Waals surface area contributed by atoms with E-state index < -0.39 is 0 Å². The Bertz CT molecular complexity index is 916. The fraction of sp³-hybridized carbons (Fsp3) is 0.250. The molecule has 1 aromatic heterocycles. The van der Waals surface area contributed by atoms with Crippen LogP contribution in [0.2, 0.25) is 0 Å². The second kappa shape index (κ2) is 7.74. The normalized spacial score (nSPS) is 12.0. The number of nitrogens with zero attached hydrogens (tertiary/aromatic N) is 2. The molecule has 1 N–H and O–H groups in total. The van der Waals surface area contributed by atoms with Crippen LogP contribution in [0, 0.1) is 20.8 Å². The number of aromatic nitrogens is 2. The van der Waals surface area contributed by atoms with Gasteiger partial charge < -0.3 is 9.73 Å². The van der Waals surface area contributed by atoms with E-state index in [0.29, 0.717) is 11.1 Å². The van der Waals surface area contributed by atoms with Crippen molar-refractivity contribution in [2.45, 2.75) is 38.2 Å². The zero-order valence-electron chi connectivity index (χ0n) is 15.2. The Labute approximate surface area is 157 Å². The molecule has 1 atom stereocenters. The van der Waals surface area contributed by atoms with Crippen molar-refractivity contribution in [1.82, 2.24) is 10.2 Å². The molecule has 3 aromatic rings. The summed E-state index contributed by atoms with van der Waals surface area (Å²) in [5, 5.41) is 11.1. The van der Waals surface area contributed by atoms with Gasteiger partial charge in [-0.25, -0.2) is 0 Å². The van der Waals surface area contributed by atoms with Crippen molar-refractivity contribution in [3.05, 3.63) is 59.2 Å². The van der Waals surface area contributed by atoms with Gasteiger partial charge in [0.25, 0.3) is 5.22 Å². The lowest BCUT2D eigenvalue weighted by Gasteiger charge is -2.10. The quantitative estimate of drug-likeness (QED) is 0.657. The van der Waals surface area contributed by atoms with Crippen molar-refractivity contribution in [3.8, 4) is 11.5 Å². The summed E-state index contributed by atoms with van der Waals surface area (Å²) in [6.45, 7) is 7.86. The van der Waals surface area contributed by atoms with E-state index in [2.05, 4.69) is 21.6 Å². The molecular formula is C20H21N3O2S. The van der Waals surface area contributed by atoms with Gasteiger partial charge >= 0.3 is 0 Å². The van der Waals surface area contributed by atoms with Gasteiger partial charge in [-0.1, -0.05) is 41.1 Å². The Hall–Kier alpha value is -2.60. The minimum absolute atomic E-state index is 0.105. The molecule has 0 spiro atoms. The Morgan fingerprint density at radius 3 is 2.46 bits per heavy atom. The molecule has 2 aromatic carbocycles. The smallest absolute Gasteiger partial charge is 0.277 e. The minimum atomic E-state index is -0.358. The molecule has 0 aliphatic rings. The maximum Gasteiger partial charge on any atom is 0.277 e. The number of anilines is 1. The summed E-state index contributed by atoms with van der Waals surface area (Å²) in [7, 11) is 0. The average molecular weight is 367 g/mol. The summed E-state index contributed by atoms with van der Waals surface area (Å²) in [5.41, 5.74) is 5.04. The number of benzene rings is 2. The highest BCUT2D eigenvalue weighted by Gasteiger charge is 2.19. The largest absolute Gasteiger partial charge is 0.411 e. The van der Waals surface area contributed by atoms with E-state index in [4.69, 9.17) is 4.42 Å². The van der Waals surface area contributed by atoms with Crippen LogP contribution in [0.1, 0.15) is 23.6 Å². The van der Waals surface area contributed by atoms with Crippen LogP contribution < -0.4 is 5.32 Å². The van der Waals surface area contributed by atoms with E-state index in [-0.39, 0.29) is 11.2 Å². The molecular weight excluding hydrogens is 346 g/mol.